The van der Waals surface area contributed by atoms with Crippen molar-refractivity contribution < 1.29 is 9.47 Å². The van der Waals surface area contributed by atoms with Gasteiger partial charge in [0.15, 0.2) is 6.23 Å². The van der Waals surface area contributed by atoms with E-state index in [2.05, 4.69) is 27.3 Å². The third-order valence-corrected chi connectivity index (χ3v) is 4.81. The summed E-state index contributed by atoms with van der Waals surface area (Å²) < 4.78 is 13.0. The zero-order chi connectivity index (χ0) is 18.6. The van der Waals surface area contributed by atoms with Gasteiger partial charge in [-0.05, 0) is 35.4 Å². The highest BCUT2D eigenvalue weighted by molar-refractivity contribution is 6.30. The third-order valence-electron chi connectivity index (χ3n) is 4.57. The first kappa shape index (κ1) is 18.0. The van der Waals surface area contributed by atoms with Gasteiger partial charge >= 0.3 is 0 Å². The quantitative estimate of drug-likeness (QED) is 0.650. The minimum atomic E-state index is -0.180. The molecule has 0 spiro atoms. The summed E-state index contributed by atoms with van der Waals surface area (Å²) in [7, 11) is 1.67. The normalized spacial score (nSPS) is 17.3. The van der Waals surface area contributed by atoms with Crippen LogP contribution in [0.3, 0.4) is 0 Å². The van der Waals surface area contributed by atoms with Crippen LogP contribution >= 0.6 is 11.6 Å². The van der Waals surface area contributed by atoms with Gasteiger partial charge in [0.05, 0.1) is 26.5 Å². The van der Waals surface area contributed by atoms with E-state index in [1.54, 1.807) is 7.11 Å². The molecule has 2 heterocycles. The first-order valence-electron chi connectivity index (χ1n) is 8.84. The Morgan fingerprint density at radius 1 is 1.15 bits per heavy atom. The van der Waals surface area contributed by atoms with Gasteiger partial charge in [-0.15, -0.1) is 5.10 Å². The molecule has 1 atom stereocenters. The number of benzene rings is 2. The Morgan fingerprint density at radius 3 is 2.78 bits per heavy atom. The second-order valence-electron chi connectivity index (χ2n) is 6.51. The van der Waals surface area contributed by atoms with Crippen LogP contribution in [0.15, 0.2) is 54.7 Å². The van der Waals surface area contributed by atoms with Crippen LogP contribution in [-0.2, 0) is 17.8 Å². The number of methoxy groups -OCH3 is 1. The summed E-state index contributed by atoms with van der Waals surface area (Å²) in [5.41, 5.74) is 3.11. The summed E-state index contributed by atoms with van der Waals surface area (Å²) in [6.07, 6.45) is 1.76. The second kappa shape index (κ2) is 8.08. The maximum absolute atomic E-state index is 6.06. The van der Waals surface area contributed by atoms with Crippen LogP contribution in [0.5, 0.6) is 5.75 Å². The molecule has 0 saturated carbocycles. The van der Waals surface area contributed by atoms with E-state index in [9.17, 15) is 0 Å². The average Bonchev–Trinajstić information content (AvgIpc) is 3.31. The summed E-state index contributed by atoms with van der Waals surface area (Å²) in [6.45, 7) is 2.95. The Bertz CT molecular complexity index is 897. The molecule has 27 heavy (non-hydrogen) atoms. The molecule has 2 aromatic carbocycles. The molecule has 140 valence electrons. The summed E-state index contributed by atoms with van der Waals surface area (Å²) in [4.78, 5) is 2.26. The molecule has 1 saturated heterocycles. The van der Waals surface area contributed by atoms with Crippen LogP contribution in [0, 0.1) is 0 Å². The van der Waals surface area contributed by atoms with Crippen molar-refractivity contribution in [3.63, 3.8) is 0 Å². The van der Waals surface area contributed by atoms with E-state index in [-0.39, 0.29) is 6.23 Å². The number of rotatable bonds is 6. The van der Waals surface area contributed by atoms with E-state index in [0.29, 0.717) is 13.2 Å². The third kappa shape index (κ3) is 4.30. The van der Waals surface area contributed by atoms with Gasteiger partial charge in [-0.25, -0.2) is 4.68 Å². The van der Waals surface area contributed by atoms with E-state index in [1.165, 1.54) is 5.56 Å². The number of hydrogen-bond acceptors (Lipinski definition) is 5. The van der Waals surface area contributed by atoms with Gasteiger partial charge in [-0.2, -0.15) is 0 Å². The SMILES string of the molecule is COc1ccc(CN2CCOC2c2cn(Cc3cccc(Cl)c3)nn2)cc1. The molecule has 1 unspecified atom stereocenters. The van der Waals surface area contributed by atoms with Crippen molar-refractivity contribution in [3.05, 3.63) is 76.6 Å². The monoisotopic (exact) mass is 384 g/mol. The minimum Gasteiger partial charge on any atom is -0.497 e. The maximum atomic E-state index is 6.06. The largest absolute Gasteiger partial charge is 0.497 e. The van der Waals surface area contributed by atoms with Gasteiger partial charge in [0, 0.05) is 18.1 Å². The molecule has 0 N–H and O–H groups in total. The smallest absolute Gasteiger partial charge is 0.157 e. The molecule has 1 aliphatic rings. The van der Waals surface area contributed by atoms with Gasteiger partial charge in [0.1, 0.15) is 11.4 Å². The molecule has 0 bridgehead atoms. The lowest BCUT2D eigenvalue weighted by atomic mass is 10.2. The van der Waals surface area contributed by atoms with Crippen molar-refractivity contribution in [2.75, 3.05) is 20.3 Å². The minimum absolute atomic E-state index is 0.180. The van der Waals surface area contributed by atoms with Crippen LogP contribution in [0.1, 0.15) is 23.0 Å². The lowest BCUT2D eigenvalue weighted by molar-refractivity contribution is 0.0252. The Kier molecular flexibility index (Phi) is 5.38. The highest BCUT2D eigenvalue weighted by atomic mass is 35.5. The lowest BCUT2D eigenvalue weighted by Crippen LogP contribution is -2.23. The fourth-order valence-electron chi connectivity index (χ4n) is 3.23. The second-order valence-corrected chi connectivity index (χ2v) is 6.95. The molecule has 0 amide bonds. The summed E-state index contributed by atoms with van der Waals surface area (Å²) in [6, 6.07) is 15.9. The van der Waals surface area contributed by atoms with Gasteiger partial charge in [0.25, 0.3) is 0 Å². The molecule has 0 radical (unpaired) electrons. The Balaban J connectivity index is 1.44. The summed E-state index contributed by atoms with van der Waals surface area (Å²) in [5.74, 6) is 0.858. The van der Waals surface area contributed by atoms with Crippen LogP contribution in [0.2, 0.25) is 5.02 Å². The average molecular weight is 385 g/mol. The lowest BCUT2D eigenvalue weighted by Gasteiger charge is -2.21. The van der Waals surface area contributed by atoms with Gasteiger partial charge in [-0.3, -0.25) is 4.90 Å². The van der Waals surface area contributed by atoms with E-state index < -0.39 is 0 Å². The van der Waals surface area contributed by atoms with E-state index in [0.717, 1.165) is 35.1 Å². The molecule has 0 aliphatic carbocycles. The van der Waals surface area contributed by atoms with E-state index >= 15 is 0 Å². The van der Waals surface area contributed by atoms with Crippen molar-refractivity contribution >= 4 is 11.6 Å². The van der Waals surface area contributed by atoms with Gasteiger partial charge < -0.3 is 9.47 Å². The number of halogens is 1. The molecule has 7 heteroatoms. The Morgan fingerprint density at radius 2 is 2.00 bits per heavy atom. The topological polar surface area (TPSA) is 52.4 Å². The molecule has 6 nitrogen and oxygen atoms in total. The van der Waals surface area contributed by atoms with Crippen LogP contribution in [-0.4, -0.2) is 40.2 Å². The molecule has 3 aromatic rings. The zero-order valence-electron chi connectivity index (χ0n) is 15.1. The zero-order valence-corrected chi connectivity index (χ0v) is 15.8. The number of nitrogens with zero attached hydrogens (tertiary/aromatic N) is 4. The van der Waals surface area contributed by atoms with Gasteiger partial charge in [-0.1, -0.05) is 41.1 Å². The number of ether oxygens (including phenoxy) is 2. The van der Waals surface area contributed by atoms with Crippen molar-refractivity contribution in [2.24, 2.45) is 0 Å². The highest BCUT2D eigenvalue weighted by Gasteiger charge is 2.29. The Labute approximate surface area is 163 Å². The van der Waals surface area contributed by atoms with Crippen LogP contribution in [0.4, 0.5) is 0 Å². The van der Waals surface area contributed by atoms with Crippen LogP contribution < -0.4 is 4.74 Å². The summed E-state index contributed by atoms with van der Waals surface area (Å²) in [5, 5.41) is 9.30. The predicted molar refractivity (Wildman–Crippen MR) is 103 cm³/mol. The van der Waals surface area contributed by atoms with Gasteiger partial charge in [0.2, 0.25) is 0 Å². The molecular formula is C20H21ClN4O2. The predicted octanol–water partition coefficient (Wildman–Crippen LogP) is 3.52. The number of hydrogen-bond donors (Lipinski definition) is 0. The standard InChI is InChI=1S/C20H21ClN4O2/c1-26-18-7-5-15(6-8-18)12-24-9-10-27-20(24)19-14-25(23-22-19)13-16-3-2-4-17(21)11-16/h2-8,11,14,20H,9-10,12-13H2,1H3. The highest BCUT2D eigenvalue weighted by Crippen LogP contribution is 2.27. The van der Waals surface area contributed by atoms with Crippen molar-refractivity contribution in [2.45, 2.75) is 19.3 Å². The molecule has 4 rings (SSSR count). The van der Waals surface area contributed by atoms with Crippen molar-refractivity contribution in [3.8, 4) is 5.75 Å². The first-order chi connectivity index (χ1) is 13.2. The maximum Gasteiger partial charge on any atom is 0.157 e. The fourth-order valence-corrected chi connectivity index (χ4v) is 3.44. The van der Waals surface area contributed by atoms with E-state index in [4.69, 9.17) is 21.1 Å². The van der Waals surface area contributed by atoms with Crippen LogP contribution in [0.25, 0.3) is 0 Å². The molecule has 1 fully saturated rings. The molecule has 1 aromatic heterocycles. The first-order valence-corrected chi connectivity index (χ1v) is 9.22. The molecule has 1 aliphatic heterocycles. The Hall–Kier alpha value is -2.41. The number of aromatic nitrogens is 3. The fraction of sp³-hybridized carbons (Fsp3) is 0.300. The van der Waals surface area contributed by atoms with E-state index in [1.807, 2.05) is 47.3 Å². The van der Waals surface area contributed by atoms with Crippen molar-refractivity contribution in [1.82, 2.24) is 19.9 Å². The summed E-state index contributed by atoms with van der Waals surface area (Å²) >= 11 is 6.06. The van der Waals surface area contributed by atoms with Crippen molar-refractivity contribution in [1.29, 1.82) is 0 Å². The molecular weight excluding hydrogens is 364 g/mol.